The fourth-order valence-electron chi connectivity index (χ4n) is 1.71. The normalized spacial score (nSPS) is 9.71. The highest BCUT2D eigenvalue weighted by Gasteiger charge is 2.12. The quantitative estimate of drug-likeness (QED) is 0.486. The van der Waals surface area contributed by atoms with E-state index in [1.165, 1.54) is 19.1 Å². The van der Waals surface area contributed by atoms with Crippen LogP contribution in [0.2, 0.25) is 0 Å². The maximum Gasteiger partial charge on any atom is 0.271 e. The first-order chi connectivity index (χ1) is 10.0. The van der Waals surface area contributed by atoms with Crippen molar-refractivity contribution in [3.05, 3.63) is 63.7 Å². The topological polar surface area (TPSA) is 93.2 Å². The van der Waals surface area contributed by atoms with Gasteiger partial charge in [-0.1, -0.05) is 12.1 Å². The van der Waals surface area contributed by atoms with E-state index >= 15 is 0 Å². The number of carbonyl (C=O) groups excluding carboxylic acids is 1. The smallest absolute Gasteiger partial charge is 0.271 e. The van der Waals surface area contributed by atoms with Gasteiger partial charge in [-0.25, -0.2) is 0 Å². The van der Waals surface area contributed by atoms with Crippen LogP contribution in [0.15, 0.2) is 42.5 Å². The summed E-state index contributed by atoms with van der Waals surface area (Å²) in [5, 5.41) is 19.7. The summed E-state index contributed by atoms with van der Waals surface area (Å²) in [6.07, 6.45) is 0. The van der Waals surface area contributed by atoms with Crippen LogP contribution in [0.25, 0.3) is 0 Å². The molecule has 0 amide bonds. The van der Waals surface area contributed by atoms with Crippen molar-refractivity contribution in [2.75, 3.05) is 0 Å². The third-order valence-electron chi connectivity index (χ3n) is 2.76. The summed E-state index contributed by atoms with van der Waals surface area (Å²) in [6, 6.07) is 12.1. The lowest BCUT2D eigenvalue weighted by Gasteiger charge is -2.08. The van der Waals surface area contributed by atoms with Crippen LogP contribution in [0.1, 0.15) is 22.8 Å². The van der Waals surface area contributed by atoms with E-state index in [4.69, 9.17) is 10.00 Å². The van der Waals surface area contributed by atoms with Gasteiger partial charge in [-0.2, -0.15) is 5.26 Å². The van der Waals surface area contributed by atoms with Gasteiger partial charge in [-0.15, -0.1) is 0 Å². The molecule has 0 aliphatic rings. The Bertz CT molecular complexity index is 763. The van der Waals surface area contributed by atoms with E-state index in [1.54, 1.807) is 24.3 Å². The van der Waals surface area contributed by atoms with Crippen LogP contribution in [0, 0.1) is 21.4 Å². The average molecular weight is 282 g/mol. The molecule has 2 rings (SSSR count). The molecule has 0 aliphatic heterocycles. The Morgan fingerprint density at radius 3 is 2.67 bits per heavy atom. The van der Waals surface area contributed by atoms with Crippen molar-refractivity contribution in [2.45, 2.75) is 6.92 Å². The first-order valence-corrected chi connectivity index (χ1v) is 5.98. The van der Waals surface area contributed by atoms with Crippen molar-refractivity contribution >= 4 is 11.5 Å². The second kappa shape index (κ2) is 5.84. The number of nitriles is 1. The Hall–Kier alpha value is -3.20. The predicted molar refractivity (Wildman–Crippen MR) is 74.3 cm³/mol. The van der Waals surface area contributed by atoms with Crippen LogP contribution in [0.4, 0.5) is 5.69 Å². The molecule has 0 heterocycles. The minimum atomic E-state index is -0.582. The number of nitro benzene ring substituents is 1. The second-order valence-corrected chi connectivity index (χ2v) is 4.24. The highest BCUT2D eigenvalue weighted by Crippen LogP contribution is 2.28. The van der Waals surface area contributed by atoms with Crippen LogP contribution in [-0.2, 0) is 0 Å². The van der Waals surface area contributed by atoms with Gasteiger partial charge in [0.25, 0.3) is 5.69 Å². The maximum atomic E-state index is 11.3. The molecule has 104 valence electrons. The number of non-ortho nitro benzene ring substituents is 1. The van der Waals surface area contributed by atoms with E-state index in [9.17, 15) is 14.9 Å². The van der Waals surface area contributed by atoms with E-state index in [-0.39, 0.29) is 22.8 Å². The van der Waals surface area contributed by atoms with Gasteiger partial charge in [0.15, 0.2) is 5.78 Å². The van der Waals surface area contributed by atoms with Crippen molar-refractivity contribution in [3.8, 4) is 17.6 Å². The van der Waals surface area contributed by atoms with Gasteiger partial charge in [0, 0.05) is 17.7 Å². The lowest BCUT2D eigenvalue weighted by atomic mass is 10.1. The Kier molecular flexibility index (Phi) is 3.95. The van der Waals surface area contributed by atoms with Crippen LogP contribution < -0.4 is 4.74 Å². The number of Topliss-reactive ketones (excluding diaryl/α,β-unsaturated/α-hetero) is 1. The number of hydrogen-bond donors (Lipinski definition) is 0. The molecule has 0 atom stereocenters. The SMILES string of the molecule is CC(=O)c1cccc(Oc2ccc([N+](=O)[O-])cc2C#N)c1. The molecule has 0 saturated carbocycles. The number of nitro groups is 1. The summed E-state index contributed by atoms with van der Waals surface area (Å²) in [7, 11) is 0. The summed E-state index contributed by atoms with van der Waals surface area (Å²) in [4.78, 5) is 21.4. The van der Waals surface area contributed by atoms with Gasteiger partial charge in [0.2, 0.25) is 0 Å². The van der Waals surface area contributed by atoms with Crippen LogP contribution >= 0.6 is 0 Å². The summed E-state index contributed by atoms with van der Waals surface area (Å²) >= 11 is 0. The summed E-state index contributed by atoms with van der Waals surface area (Å²) in [6.45, 7) is 1.44. The molecular weight excluding hydrogens is 272 g/mol. The van der Waals surface area contributed by atoms with Gasteiger partial charge in [0.1, 0.15) is 23.1 Å². The highest BCUT2D eigenvalue weighted by molar-refractivity contribution is 5.94. The lowest BCUT2D eigenvalue weighted by molar-refractivity contribution is -0.384. The van der Waals surface area contributed by atoms with Crippen molar-refractivity contribution < 1.29 is 14.5 Å². The molecule has 6 heteroatoms. The molecular formula is C15H10N2O4. The summed E-state index contributed by atoms with van der Waals surface area (Å²) in [5.74, 6) is 0.474. The molecule has 0 bridgehead atoms. The van der Waals surface area contributed by atoms with Crippen molar-refractivity contribution in [3.63, 3.8) is 0 Å². The molecule has 0 unspecified atom stereocenters. The third-order valence-corrected chi connectivity index (χ3v) is 2.76. The average Bonchev–Trinajstić information content (AvgIpc) is 2.47. The third kappa shape index (κ3) is 3.22. The first kappa shape index (κ1) is 14.2. The maximum absolute atomic E-state index is 11.3. The van der Waals surface area contributed by atoms with Crippen LogP contribution in [0.3, 0.4) is 0 Å². The summed E-state index contributed by atoms with van der Waals surface area (Å²) in [5.41, 5.74) is 0.349. The molecule has 0 aromatic heterocycles. The summed E-state index contributed by atoms with van der Waals surface area (Å²) < 4.78 is 5.53. The highest BCUT2D eigenvalue weighted by atomic mass is 16.6. The second-order valence-electron chi connectivity index (χ2n) is 4.24. The number of rotatable bonds is 4. The largest absolute Gasteiger partial charge is 0.456 e. The standard InChI is InChI=1S/C15H10N2O4/c1-10(18)11-3-2-4-14(8-11)21-15-6-5-13(17(19)20)7-12(15)9-16/h2-8H,1H3. The Morgan fingerprint density at radius 2 is 2.05 bits per heavy atom. The van der Waals surface area contributed by atoms with E-state index in [0.29, 0.717) is 11.3 Å². The molecule has 2 aromatic rings. The van der Waals surface area contributed by atoms with Gasteiger partial charge in [-0.3, -0.25) is 14.9 Å². The minimum absolute atomic E-state index is 0.0532. The molecule has 0 fully saturated rings. The molecule has 0 saturated heterocycles. The van der Waals surface area contributed by atoms with Crippen molar-refractivity contribution in [1.29, 1.82) is 5.26 Å². The molecule has 0 radical (unpaired) electrons. The van der Waals surface area contributed by atoms with E-state index < -0.39 is 4.92 Å². The molecule has 0 aliphatic carbocycles. The predicted octanol–water partition coefficient (Wildman–Crippen LogP) is 3.46. The fourth-order valence-corrected chi connectivity index (χ4v) is 1.71. The van der Waals surface area contributed by atoms with Gasteiger partial charge in [-0.05, 0) is 25.1 Å². The molecule has 0 N–H and O–H groups in total. The zero-order valence-electron chi connectivity index (χ0n) is 11.1. The van der Waals surface area contributed by atoms with Gasteiger partial charge >= 0.3 is 0 Å². The van der Waals surface area contributed by atoms with E-state index in [0.717, 1.165) is 6.07 Å². The number of carbonyl (C=O) groups is 1. The Labute approximate surface area is 120 Å². The Morgan fingerprint density at radius 1 is 1.29 bits per heavy atom. The molecule has 21 heavy (non-hydrogen) atoms. The minimum Gasteiger partial charge on any atom is -0.456 e. The molecule has 2 aromatic carbocycles. The zero-order chi connectivity index (χ0) is 15.4. The van der Waals surface area contributed by atoms with E-state index in [1.807, 2.05) is 6.07 Å². The zero-order valence-corrected chi connectivity index (χ0v) is 11.1. The van der Waals surface area contributed by atoms with Crippen LogP contribution in [0.5, 0.6) is 11.5 Å². The van der Waals surface area contributed by atoms with Gasteiger partial charge in [0.05, 0.1) is 4.92 Å². The van der Waals surface area contributed by atoms with E-state index in [2.05, 4.69) is 0 Å². The van der Waals surface area contributed by atoms with Gasteiger partial charge < -0.3 is 4.74 Å². The lowest BCUT2D eigenvalue weighted by Crippen LogP contribution is -1.95. The molecule has 6 nitrogen and oxygen atoms in total. The number of ketones is 1. The Balaban J connectivity index is 2.36. The number of ether oxygens (including phenoxy) is 1. The number of nitrogens with zero attached hydrogens (tertiary/aromatic N) is 2. The number of hydrogen-bond acceptors (Lipinski definition) is 5. The fraction of sp³-hybridized carbons (Fsp3) is 0.0667. The first-order valence-electron chi connectivity index (χ1n) is 5.98. The van der Waals surface area contributed by atoms with Crippen molar-refractivity contribution in [2.24, 2.45) is 0 Å². The van der Waals surface area contributed by atoms with Crippen LogP contribution in [-0.4, -0.2) is 10.7 Å². The number of benzene rings is 2. The monoisotopic (exact) mass is 282 g/mol. The van der Waals surface area contributed by atoms with Crippen molar-refractivity contribution in [1.82, 2.24) is 0 Å². The molecule has 0 spiro atoms.